The van der Waals surface area contributed by atoms with Crippen LogP contribution in [-0.2, 0) is 0 Å². The third-order valence-electron chi connectivity index (χ3n) is 2.57. The average molecular weight is 162 g/mol. The van der Waals surface area contributed by atoms with Gasteiger partial charge in [-0.1, -0.05) is 31.7 Å². The Morgan fingerprint density at radius 1 is 1.50 bits per heavy atom. The Kier molecular flexibility index (Phi) is 3.33. The van der Waals surface area contributed by atoms with Crippen molar-refractivity contribution < 1.29 is 0 Å². The molecule has 12 heavy (non-hydrogen) atoms. The Morgan fingerprint density at radius 2 is 2.25 bits per heavy atom. The van der Waals surface area contributed by atoms with Gasteiger partial charge in [-0.3, -0.25) is 0 Å². The summed E-state index contributed by atoms with van der Waals surface area (Å²) in [5.41, 5.74) is 2.95. The van der Waals surface area contributed by atoms with Crippen LogP contribution >= 0.6 is 0 Å². The lowest BCUT2D eigenvalue weighted by molar-refractivity contribution is 0.552. The van der Waals surface area contributed by atoms with Crippen molar-refractivity contribution in [2.24, 2.45) is 5.92 Å². The van der Waals surface area contributed by atoms with Gasteiger partial charge in [0.15, 0.2) is 0 Å². The number of allylic oxidation sites excluding steroid dienone is 5. The molecule has 0 saturated carbocycles. The van der Waals surface area contributed by atoms with Crippen molar-refractivity contribution in [2.75, 3.05) is 0 Å². The van der Waals surface area contributed by atoms with Crippen molar-refractivity contribution in [1.82, 2.24) is 0 Å². The second-order valence-electron chi connectivity index (χ2n) is 3.48. The first-order valence-corrected chi connectivity index (χ1v) is 4.77. The highest BCUT2D eigenvalue weighted by Crippen LogP contribution is 2.30. The van der Waals surface area contributed by atoms with Crippen LogP contribution in [0.1, 0.15) is 33.1 Å². The van der Waals surface area contributed by atoms with Crippen molar-refractivity contribution in [2.45, 2.75) is 33.1 Å². The van der Waals surface area contributed by atoms with Crippen LogP contribution < -0.4 is 0 Å². The minimum absolute atomic E-state index is 0.711. The van der Waals surface area contributed by atoms with Crippen molar-refractivity contribution in [1.29, 1.82) is 0 Å². The van der Waals surface area contributed by atoms with Crippen LogP contribution in [0.15, 0.2) is 36.0 Å². The largest absolute Gasteiger partial charge is 0.0988 e. The summed E-state index contributed by atoms with van der Waals surface area (Å²) in [7, 11) is 0. The summed E-state index contributed by atoms with van der Waals surface area (Å²) < 4.78 is 0. The summed E-state index contributed by atoms with van der Waals surface area (Å²) in [5, 5.41) is 0. The van der Waals surface area contributed by atoms with E-state index in [4.69, 9.17) is 0 Å². The van der Waals surface area contributed by atoms with Crippen molar-refractivity contribution in [3.63, 3.8) is 0 Å². The molecule has 0 N–H and O–H groups in total. The summed E-state index contributed by atoms with van der Waals surface area (Å²) in [6.07, 6.45) is 10.3. The van der Waals surface area contributed by atoms with Crippen LogP contribution in [0.4, 0.5) is 0 Å². The molecule has 1 aliphatic rings. The Morgan fingerprint density at radius 3 is 2.83 bits per heavy atom. The molecule has 0 aromatic carbocycles. The van der Waals surface area contributed by atoms with E-state index in [1.807, 2.05) is 6.08 Å². The van der Waals surface area contributed by atoms with Crippen molar-refractivity contribution in [3.8, 4) is 0 Å². The Labute approximate surface area is 75.7 Å². The Hall–Kier alpha value is -0.780. The van der Waals surface area contributed by atoms with Gasteiger partial charge in [0, 0.05) is 0 Å². The fourth-order valence-corrected chi connectivity index (χ4v) is 1.93. The SMILES string of the molecule is C=CC1=C(/C=C\C)CCCC1C. The first-order chi connectivity index (χ1) is 5.79. The molecule has 0 saturated heterocycles. The first kappa shape index (κ1) is 9.31. The lowest BCUT2D eigenvalue weighted by Gasteiger charge is -2.22. The Balaban J connectivity index is 2.93. The predicted octanol–water partition coefficient (Wildman–Crippen LogP) is 3.87. The van der Waals surface area contributed by atoms with E-state index in [2.05, 4.69) is 32.6 Å². The maximum Gasteiger partial charge on any atom is -0.0188 e. The molecule has 0 amide bonds. The average Bonchev–Trinajstić information content (AvgIpc) is 2.05. The minimum Gasteiger partial charge on any atom is -0.0988 e. The maximum absolute atomic E-state index is 3.88. The summed E-state index contributed by atoms with van der Waals surface area (Å²) in [5.74, 6) is 0.711. The number of rotatable bonds is 2. The molecular weight excluding hydrogens is 144 g/mol. The van der Waals surface area contributed by atoms with E-state index in [0.717, 1.165) is 0 Å². The molecule has 0 heterocycles. The van der Waals surface area contributed by atoms with Crippen LogP contribution in [0.2, 0.25) is 0 Å². The Bertz CT molecular complexity index is 218. The van der Waals surface area contributed by atoms with Gasteiger partial charge in [-0.25, -0.2) is 0 Å². The lowest BCUT2D eigenvalue weighted by atomic mass is 9.84. The molecule has 1 aliphatic carbocycles. The summed E-state index contributed by atoms with van der Waals surface area (Å²) in [6, 6.07) is 0. The van der Waals surface area contributed by atoms with Crippen LogP contribution in [0.25, 0.3) is 0 Å². The quantitative estimate of drug-likeness (QED) is 0.578. The van der Waals surface area contributed by atoms with E-state index in [9.17, 15) is 0 Å². The van der Waals surface area contributed by atoms with Crippen molar-refractivity contribution >= 4 is 0 Å². The zero-order valence-corrected chi connectivity index (χ0v) is 8.14. The molecule has 0 heteroatoms. The topological polar surface area (TPSA) is 0 Å². The minimum atomic E-state index is 0.711. The van der Waals surface area contributed by atoms with E-state index in [1.165, 1.54) is 30.4 Å². The van der Waals surface area contributed by atoms with Gasteiger partial charge in [0.1, 0.15) is 0 Å². The van der Waals surface area contributed by atoms with E-state index >= 15 is 0 Å². The molecule has 0 bridgehead atoms. The molecular formula is C12H18. The van der Waals surface area contributed by atoms with Gasteiger partial charge >= 0.3 is 0 Å². The smallest absolute Gasteiger partial charge is 0.0188 e. The summed E-state index contributed by atoms with van der Waals surface area (Å²) in [4.78, 5) is 0. The zero-order valence-electron chi connectivity index (χ0n) is 8.14. The first-order valence-electron chi connectivity index (χ1n) is 4.77. The van der Waals surface area contributed by atoms with Crippen LogP contribution in [0, 0.1) is 5.92 Å². The van der Waals surface area contributed by atoms with Crippen LogP contribution in [0.5, 0.6) is 0 Å². The molecule has 0 radical (unpaired) electrons. The molecule has 0 fully saturated rings. The molecule has 0 aliphatic heterocycles. The molecule has 1 unspecified atom stereocenters. The molecule has 66 valence electrons. The van der Waals surface area contributed by atoms with Gasteiger partial charge in [-0.05, 0) is 43.3 Å². The summed E-state index contributed by atoms with van der Waals surface area (Å²) in [6.45, 7) is 8.24. The van der Waals surface area contributed by atoms with Gasteiger partial charge < -0.3 is 0 Å². The van der Waals surface area contributed by atoms with Gasteiger partial charge in [-0.2, -0.15) is 0 Å². The molecule has 0 aromatic heterocycles. The zero-order chi connectivity index (χ0) is 8.97. The maximum atomic E-state index is 3.88. The second kappa shape index (κ2) is 4.30. The van der Waals surface area contributed by atoms with Gasteiger partial charge in [0.2, 0.25) is 0 Å². The molecule has 0 aromatic rings. The third kappa shape index (κ3) is 1.88. The predicted molar refractivity (Wildman–Crippen MR) is 55.1 cm³/mol. The van der Waals surface area contributed by atoms with E-state index in [0.29, 0.717) is 5.92 Å². The van der Waals surface area contributed by atoms with Crippen LogP contribution in [0.3, 0.4) is 0 Å². The highest BCUT2D eigenvalue weighted by Gasteiger charge is 2.14. The lowest BCUT2D eigenvalue weighted by Crippen LogP contribution is -2.06. The number of hydrogen-bond donors (Lipinski definition) is 0. The number of hydrogen-bond acceptors (Lipinski definition) is 0. The fraction of sp³-hybridized carbons (Fsp3) is 0.500. The third-order valence-corrected chi connectivity index (χ3v) is 2.57. The normalized spacial score (nSPS) is 25.0. The van der Waals surface area contributed by atoms with Gasteiger partial charge in [-0.15, -0.1) is 0 Å². The van der Waals surface area contributed by atoms with Gasteiger partial charge in [0.05, 0.1) is 0 Å². The standard InChI is InChI=1S/C12H18/c1-4-7-11-9-6-8-10(3)12(11)5-2/h4-5,7,10H,2,6,8-9H2,1,3H3/b7-4-. The van der Waals surface area contributed by atoms with E-state index in [1.54, 1.807) is 0 Å². The second-order valence-corrected chi connectivity index (χ2v) is 3.48. The monoisotopic (exact) mass is 162 g/mol. The molecule has 1 atom stereocenters. The fourth-order valence-electron chi connectivity index (χ4n) is 1.93. The molecule has 1 rings (SSSR count). The van der Waals surface area contributed by atoms with E-state index in [-0.39, 0.29) is 0 Å². The van der Waals surface area contributed by atoms with E-state index < -0.39 is 0 Å². The van der Waals surface area contributed by atoms with Crippen LogP contribution in [-0.4, -0.2) is 0 Å². The van der Waals surface area contributed by atoms with Gasteiger partial charge in [0.25, 0.3) is 0 Å². The highest BCUT2D eigenvalue weighted by molar-refractivity contribution is 5.35. The summed E-state index contributed by atoms with van der Waals surface area (Å²) >= 11 is 0. The van der Waals surface area contributed by atoms with Crippen molar-refractivity contribution in [3.05, 3.63) is 36.0 Å². The highest BCUT2D eigenvalue weighted by atomic mass is 14.2. The molecule has 0 nitrogen and oxygen atoms in total. The molecule has 0 spiro atoms.